The number of thioether (sulfide) groups is 1. The SMILES string of the molecule is O=C(CC1(O)CCCCC1)Nc1cccc(CN2CCSCC2)c1. The van der Waals surface area contributed by atoms with Crippen LogP contribution in [0, 0.1) is 0 Å². The molecule has 1 aromatic rings. The Morgan fingerprint density at radius 2 is 1.96 bits per heavy atom. The highest BCUT2D eigenvalue weighted by molar-refractivity contribution is 7.99. The third kappa shape index (κ3) is 5.23. The molecule has 0 radical (unpaired) electrons. The number of carbonyl (C=O) groups is 1. The van der Waals surface area contributed by atoms with Crippen molar-refractivity contribution >= 4 is 23.4 Å². The molecule has 2 fully saturated rings. The first kappa shape index (κ1) is 17.8. The lowest BCUT2D eigenvalue weighted by Gasteiger charge is -2.31. The van der Waals surface area contributed by atoms with E-state index in [2.05, 4.69) is 22.3 Å². The summed E-state index contributed by atoms with van der Waals surface area (Å²) in [6.07, 6.45) is 4.91. The van der Waals surface area contributed by atoms with Gasteiger partial charge in [-0.2, -0.15) is 11.8 Å². The van der Waals surface area contributed by atoms with Crippen molar-refractivity contribution in [1.29, 1.82) is 0 Å². The molecule has 1 saturated carbocycles. The van der Waals surface area contributed by atoms with E-state index in [9.17, 15) is 9.90 Å². The van der Waals surface area contributed by atoms with Gasteiger partial charge in [-0.3, -0.25) is 9.69 Å². The second kappa shape index (κ2) is 8.37. The van der Waals surface area contributed by atoms with Gasteiger partial charge in [0.2, 0.25) is 5.91 Å². The van der Waals surface area contributed by atoms with Crippen LogP contribution in [0.25, 0.3) is 0 Å². The molecule has 24 heavy (non-hydrogen) atoms. The molecule has 1 aliphatic carbocycles. The monoisotopic (exact) mass is 348 g/mol. The van der Waals surface area contributed by atoms with Crippen LogP contribution in [0.3, 0.4) is 0 Å². The summed E-state index contributed by atoms with van der Waals surface area (Å²) in [4.78, 5) is 14.8. The second-order valence-electron chi connectivity index (χ2n) is 7.10. The van der Waals surface area contributed by atoms with Crippen LogP contribution in [0.15, 0.2) is 24.3 Å². The zero-order chi connectivity index (χ0) is 16.8. The Morgan fingerprint density at radius 3 is 2.71 bits per heavy atom. The van der Waals surface area contributed by atoms with Crippen molar-refractivity contribution in [2.45, 2.75) is 50.7 Å². The topological polar surface area (TPSA) is 52.6 Å². The Balaban J connectivity index is 1.54. The third-order valence-corrected chi connectivity index (χ3v) is 5.94. The minimum atomic E-state index is -0.800. The second-order valence-corrected chi connectivity index (χ2v) is 8.32. The van der Waals surface area contributed by atoms with Gasteiger partial charge in [-0.05, 0) is 30.5 Å². The summed E-state index contributed by atoms with van der Waals surface area (Å²) in [5.74, 6) is 2.33. The Morgan fingerprint density at radius 1 is 1.21 bits per heavy atom. The van der Waals surface area contributed by atoms with Gasteiger partial charge in [0.05, 0.1) is 12.0 Å². The Hall–Kier alpha value is -1.04. The van der Waals surface area contributed by atoms with Crippen molar-refractivity contribution in [3.8, 4) is 0 Å². The molecule has 0 aromatic heterocycles. The molecule has 1 heterocycles. The van der Waals surface area contributed by atoms with Gasteiger partial charge in [-0.15, -0.1) is 0 Å². The lowest BCUT2D eigenvalue weighted by Crippen LogP contribution is -2.35. The average molecular weight is 349 g/mol. The van der Waals surface area contributed by atoms with E-state index in [4.69, 9.17) is 0 Å². The van der Waals surface area contributed by atoms with Gasteiger partial charge in [0.15, 0.2) is 0 Å². The predicted molar refractivity (Wildman–Crippen MR) is 100 cm³/mol. The largest absolute Gasteiger partial charge is 0.389 e. The predicted octanol–water partition coefficient (Wildman–Crippen LogP) is 3.26. The zero-order valence-electron chi connectivity index (χ0n) is 14.3. The highest BCUT2D eigenvalue weighted by Gasteiger charge is 2.31. The van der Waals surface area contributed by atoms with Gasteiger partial charge in [-0.25, -0.2) is 0 Å². The van der Waals surface area contributed by atoms with E-state index in [1.165, 1.54) is 23.5 Å². The van der Waals surface area contributed by atoms with Crippen LogP contribution in [-0.2, 0) is 11.3 Å². The maximum Gasteiger partial charge on any atom is 0.227 e. The highest BCUT2D eigenvalue weighted by atomic mass is 32.2. The molecule has 132 valence electrons. The molecule has 4 nitrogen and oxygen atoms in total. The van der Waals surface area contributed by atoms with E-state index < -0.39 is 5.60 Å². The summed E-state index contributed by atoms with van der Waals surface area (Å²) in [7, 11) is 0. The zero-order valence-corrected chi connectivity index (χ0v) is 15.1. The van der Waals surface area contributed by atoms with Gasteiger partial charge >= 0.3 is 0 Å². The number of nitrogens with zero attached hydrogens (tertiary/aromatic N) is 1. The van der Waals surface area contributed by atoms with Crippen molar-refractivity contribution < 1.29 is 9.90 Å². The van der Waals surface area contributed by atoms with E-state index in [0.717, 1.165) is 51.0 Å². The average Bonchev–Trinajstić information content (AvgIpc) is 2.56. The van der Waals surface area contributed by atoms with Crippen molar-refractivity contribution in [2.75, 3.05) is 29.9 Å². The van der Waals surface area contributed by atoms with Crippen LogP contribution < -0.4 is 5.32 Å². The molecule has 1 aromatic carbocycles. The van der Waals surface area contributed by atoms with Gasteiger partial charge in [0, 0.05) is 36.8 Å². The van der Waals surface area contributed by atoms with Crippen LogP contribution >= 0.6 is 11.8 Å². The summed E-state index contributed by atoms with van der Waals surface area (Å²) in [6.45, 7) is 3.21. The molecule has 0 spiro atoms. The normalized spacial score (nSPS) is 21.4. The highest BCUT2D eigenvalue weighted by Crippen LogP contribution is 2.31. The summed E-state index contributed by atoms with van der Waals surface area (Å²) < 4.78 is 0. The molecule has 2 N–H and O–H groups in total. The lowest BCUT2D eigenvalue weighted by molar-refractivity contribution is -0.122. The van der Waals surface area contributed by atoms with E-state index in [1.807, 2.05) is 23.9 Å². The van der Waals surface area contributed by atoms with Gasteiger partial charge < -0.3 is 10.4 Å². The molecule has 3 rings (SSSR count). The molecule has 5 heteroatoms. The standard InChI is InChI=1S/C19H28N2O2S/c22-18(14-19(23)7-2-1-3-8-19)20-17-6-4-5-16(13-17)15-21-9-11-24-12-10-21/h4-6,13,23H,1-3,7-12,14-15H2,(H,20,22). The van der Waals surface area contributed by atoms with Gasteiger partial charge in [0.25, 0.3) is 0 Å². The first-order valence-corrected chi connectivity index (χ1v) is 10.2. The third-order valence-electron chi connectivity index (χ3n) is 4.99. The molecule has 2 aliphatic rings. The maximum atomic E-state index is 12.3. The van der Waals surface area contributed by atoms with Crippen LogP contribution in [0.4, 0.5) is 5.69 Å². The fourth-order valence-electron chi connectivity index (χ4n) is 3.66. The fourth-order valence-corrected chi connectivity index (χ4v) is 4.63. The smallest absolute Gasteiger partial charge is 0.227 e. The number of rotatable bonds is 5. The fraction of sp³-hybridized carbons (Fsp3) is 0.632. The number of hydrogen-bond donors (Lipinski definition) is 2. The van der Waals surface area contributed by atoms with E-state index in [-0.39, 0.29) is 12.3 Å². The summed E-state index contributed by atoms with van der Waals surface area (Å²) in [5, 5.41) is 13.5. The summed E-state index contributed by atoms with van der Waals surface area (Å²) >= 11 is 2.01. The van der Waals surface area contributed by atoms with E-state index in [1.54, 1.807) is 0 Å². The van der Waals surface area contributed by atoms with Gasteiger partial charge in [-0.1, -0.05) is 31.4 Å². The molecule has 1 amide bonds. The van der Waals surface area contributed by atoms with E-state index >= 15 is 0 Å². The van der Waals surface area contributed by atoms with Crippen LogP contribution in [-0.4, -0.2) is 46.1 Å². The number of benzene rings is 1. The van der Waals surface area contributed by atoms with E-state index in [0.29, 0.717) is 0 Å². The number of anilines is 1. The summed E-state index contributed by atoms with van der Waals surface area (Å²) in [6, 6.07) is 8.11. The van der Waals surface area contributed by atoms with Crippen LogP contribution in [0.1, 0.15) is 44.1 Å². The molecule has 0 bridgehead atoms. The Labute approximate surface area is 149 Å². The first-order chi connectivity index (χ1) is 11.6. The molecular weight excluding hydrogens is 320 g/mol. The summed E-state index contributed by atoms with van der Waals surface area (Å²) in [5.41, 5.74) is 1.27. The number of amides is 1. The number of carbonyl (C=O) groups excluding carboxylic acids is 1. The van der Waals surface area contributed by atoms with Crippen molar-refractivity contribution in [1.82, 2.24) is 4.90 Å². The quantitative estimate of drug-likeness (QED) is 0.858. The Kier molecular flexibility index (Phi) is 6.19. The molecular formula is C19H28N2O2S. The van der Waals surface area contributed by atoms with Crippen molar-refractivity contribution in [3.63, 3.8) is 0 Å². The van der Waals surface area contributed by atoms with Crippen molar-refractivity contribution in [2.24, 2.45) is 0 Å². The van der Waals surface area contributed by atoms with Crippen LogP contribution in [0.5, 0.6) is 0 Å². The molecule has 0 unspecified atom stereocenters. The lowest BCUT2D eigenvalue weighted by atomic mass is 9.82. The molecule has 0 atom stereocenters. The molecule has 1 saturated heterocycles. The maximum absolute atomic E-state index is 12.3. The first-order valence-electron chi connectivity index (χ1n) is 9.04. The Bertz CT molecular complexity index is 552. The van der Waals surface area contributed by atoms with Gasteiger partial charge in [0.1, 0.15) is 0 Å². The minimum Gasteiger partial charge on any atom is -0.389 e. The number of nitrogens with one attached hydrogen (secondary N) is 1. The minimum absolute atomic E-state index is 0.0778. The van der Waals surface area contributed by atoms with Crippen molar-refractivity contribution in [3.05, 3.63) is 29.8 Å². The number of hydrogen-bond acceptors (Lipinski definition) is 4. The van der Waals surface area contributed by atoms with Crippen LogP contribution in [0.2, 0.25) is 0 Å². The number of aliphatic hydroxyl groups is 1. The molecule has 1 aliphatic heterocycles.